The first-order valence-corrected chi connectivity index (χ1v) is 7.73. The monoisotopic (exact) mass is 271 g/mol. The van der Waals surface area contributed by atoms with E-state index in [9.17, 15) is 4.79 Å². The molecule has 0 spiro atoms. The second-order valence-electron chi connectivity index (χ2n) is 7.21. The summed E-state index contributed by atoms with van der Waals surface area (Å²) in [6.07, 6.45) is 8.25. The van der Waals surface area contributed by atoms with Crippen molar-refractivity contribution < 1.29 is 9.90 Å². The first kappa shape index (κ1) is 12.2. The lowest BCUT2D eigenvalue weighted by Gasteiger charge is -2.57. The zero-order valence-electron chi connectivity index (χ0n) is 11.6. The highest BCUT2D eigenvalue weighted by Crippen LogP contribution is 2.56. The Kier molecular flexibility index (Phi) is 2.60. The molecule has 0 saturated heterocycles. The van der Waals surface area contributed by atoms with Crippen molar-refractivity contribution in [2.24, 2.45) is 17.8 Å². The summed E-state index contributed by atoms with van der Waals surface area (Å²) < 4.78 is 0. The molecule has 4 aliphatic rings. The summed E-state index contributed by atoms with van der Waals surface area (Å²) in [4.78, 5) is 10.9. The molecule has 0 atom stereocenters. The molecule has 3 heteroatoms. The molecule has 3 nitrogen and oxygen atoms in total. The van der Waals surface area contributed by atoms with Crippen LogP contribution in [0.25, 0.3) is 0 Å². The van der Waals surface area contributed by atoms with Crippen LogP contribution in [0.15, 0.2) is 24.3 Å². The highest BCUT2D eigenvalue weighted by Gasteiger charge is 2.50. The molecule has 20 heavy (non-hydrogen) atoms. The van der Waals surface area contributed by atoms with E-state index in [2.05, 4.69) is 5.32 Å². The topological polar surface area (TPSA) is 49.3 Å². The van der Waals surface area contributed by atoms with E-state index in [0.29, 0.717) is 11.1 Å². The quantitative estimate of drug-likeness (QED) is 0.880. The van der Waals surface area contributed by atoms with Crippen LogP contribution in [-0.4, -0.2) is 16.6 Å². The van der Waals surface area contributed by atoms with Crippen LogP contribution >= 0.6 is 0 Å². The molecule has 5 rings (SSSR count). The summed E-state index contributed by atoms with van der Waals surface area (Å²) in [5.74, 6) is 1.91. The molecule has 1 aromatic rings. The fraction of sp³-hybridized carbons (Fsp3) is 0.588. The van der Waals surface area contributed by atoms with Gasteiger partial charge in [0.2, 0.25) is 0 Å². The van der Waals surface area contributed by atoms with Gasteiger partial charge in [-0.1, -0.05) is 0 Å². The molecule has 1 aromatic carbocycles. The second kappa shape index (κ2) is 4.24. The van der Waals surface area contributed by atoms with Crippen LogP contribution in [-0.2, 0) is 0 Å². The van der Waals surface area contributed by atoms with Gasteiger partial charge in [-0.05, 0) is 80.5 Å². The van der Waals surface area contributed by atoms with E-state index in [0.717, 1.165) is 23.4 Å². The van der Waals surface area contributed by atoms with E-state index >= 15 is 0 Å². The lowest BCUT2D eigenvalue weighted by molar-refractivity contribution is 0.0107. The minimum atomic E-state index is -0.855. The van der Waals surface area contributed by atoms with Gasteiger partial charge in [0.05, 0.1) is 5.56 Å². The summed E-state index contributed by atoms with van der Waals surface area (Å²) in [7, 11) is 0. The third-order valence-corrected chi connectivity index (χ3v) is 5.58. The highest BCUT2D eigenvalue weighted by molar-refractivity contribution is 5.88. The van der Waals surface area contributed by atoms with Gasteiger partial charge < -0.3 is 10.4 Å². The summed E-state index contributed by atoms with van der Waals surface area (Å²) >= 11 is 0. The van der Waals surface area contributed by atoms with Crippen LogP contribution in [0, 0.1) is 17.8 Å². The smallest absolute Gasteiger partial charge is 0.335 e. The van der Waals surface area contributed by atoms with E-state index in [4.69, 9.17) is 5.11 Å². The maximum atomic E-state index is 10.9. The van der Waals surface area contributed by atoms with Crippen LogP contribution in [0.3, 0.4) is 0 Å². The van der Waals surface area contributed by atoms with Gasteiger partial charge in [0.1, 0.15) is 0 Å². The van der Waals surface area contributed by atoms with Gasteiger partial charge in [-0.15, -0.1) is 0 Å². The Balaban J connectivity index is 1.55. The molecule has 2 N–H and O–H groups in total. The summed E-state index contributed by atoms with van der Waals surface area (Å²) in [6.45, 7) is 0. The number of hydrogen-bond donors (Lipinski definition) is 2. The predicted octanol–water partition coefficient (Wildman–Crippen LogP) is 3.77. The number of hydrogen-bond acceptors (Lipinski definition) is 2. The third-order valence-electron chi connectivity index (χ3n) is 5.58. The number of aromatic carboxylic acids is 1. The molecular formula is C17H21NO2. The Morgan fingerprint density at radius 1 is 1.00 bits per heavy atom. The molecule has 0 aliphatic heterocycles. The maximum Gasteiger partial charge on any atom is 0.335 e. The van der Waals surface area contributed by atoms with Crippen molar-refractivity contribution in [3.63, 3.8) is 0 Å². The number of carboxylic acids is 1. The zero-order chi connectivity index (χ0) is 13.7. The molecule has 4 saturated carbocycles. The van der Waals surface area contributed by atoms with Crippen molar-refractivity contribution in [3.05, 3.63) is 29.8 Å². The first-order valence-electron chi connectivity index (χ1n) is 7.73. The molecule has 4 bridgehead atoms. The number of nitrogens with one attached hydrogen (secondary N) is 1. The standard InChI is InChI=1S/C17H21NO2/c19-16(20)14-1-3-15(4-2-14)18-17-8-11-5-12(9-17)7-13(6-11)10-17/h1-4,11-13,18H,5-10H2,(H,19,20). The Morgan fingerprint density at radius 2 is 1.50 bits per heavy atom. The number of rotatable bonds is 3. The van der Waals surface area contributed by atoms with Gasteiger partial charge in [0, 0.05) is 11.2 Å². The molecule has 0 unspecified atom stereocenters. The number of benzene rings is 1. The van der Waals surface area contributed by atoms with E-state index in [1.807, 2.05) is 12.1 Å². The molecule has 106 valence electrons. The van der Waals surface area contributed by atoms with E-state index < -0.39 is 5.97 Å². The number of carbonyl (C=O) groups is 1. The van der Waals surface area contributed by atoms with Gasteiger partial charge in [-0.3, -0.25) is 0 Å². The SMILES string of the molecule is O=C(O)c1ccc(NC23CC4CC(CC(C4)C2)C3)cc1. The summed E-state index contributed by atoms with van der Waals surface area (Å²) in [5, 5.41) is 12.7. The molecule has 0 aromatic heterocycles. The Bertz CT molecular complexity index is 499. The minimum Gasteiger partial charge on any atom is -0.478 e. The van der Waals surface area contributed by atoms with Crippen LogP contribution in [0.5, 0.6) is 0 Å². The lowest BCUT2D eigenvalue weighted by atomic mass is 9.53. The van der Waals surface area contributed by atoms with Gasteiger partial charge >= 0.3 is 5.97 Å². The average Bonchev–Trinajstić information content (AvgIpc) is 2.37. The molecule has 0 radical (unpaired) electrons. The molecule has 4 fully saturated rings. The fourth-order valence-electron chi connectivity index (χ4n) is 5.27. The second-order valence-corrected chi connectivity index (χ2v) is 7.21. The molecule has 0 amide bonds. The first-order chi connectivity index (χ1) is 9.62. The zero-order valence-corrected chi connectivity index (χ0v) is 11.6. The molecular weight excluding hydrogens is 250 g/mol. The van der Waals surface area contributed by atoms with Crippen LogP contribution in [0.1, 0.15) is 48.9 Å². The van der Waals surface area contributed by atoms with E-state index in [-0.39, 0.29) is 0 Å². The fourth-order valence-corrected chi connectivity index (χ4v) is 5.27. The predicted molar refractivity (Wildman–Crippen MR) is 77.9 cm³/mol. The third kappa shape index (κ3) is 2.00. The van der Waals surface area contributed by atoms with Crippen molar-refractivity contribution in [3.8, 4) is 0 Å². The lowest BCUT2D eigenvalue weighted by Crippen LogP contribution is -2.54. The number of anilines is 1. The minimum absolute atomic E-state index is 0.291. The largest absolute Gasteiger partial charge is 0.478 e. The highest BCUT2D eigenvalue weighted by atomic mass is 16.4. The maximum absolute atomic E-state index is 10.9. The van der Waals surface area contributed by atoms with E-state index in [1.165, 1.54) is 38.5 Å². The van der Waals surface area contributed by atoms with E-state index in [1.54, 1.807) is 12.1 Å². The van der Waals surface area contributed by atoms with Gasteiger partial charge in [0.25, 0.3) is 0 Å². The van der Waals surface area contributed by atoms with Crippen molar-refractivity contribution in [2.45, 2.75) is 44.1 Å². The van der Waals surface area contributed by atoms with Gasteiger partial charge in [-0.2, -0.15) is 0 Å². The number of carboxylic acid groups (broad SMARTS) is 1. The average molecular weight is 271 g/mol. The van der Waals surface area contributed by atoms with Crippen LogP contribution in [0.2, 0.25) is 0 Å². The Hall–Kier alpha value is -1.51. The summed E-state index contributed by atoms with van der Waals surface area (Å²) in [5.41, 5.74) is 1.73. The van der Waals surface area contributed by atoms with Gasteiger partial charge in [0.15, 0.2) is 0 Å². The Labute approximate surface area is 119 Å². The molecule has 0 heterocycles. The molecule has 4 aliphatic carbocycles. The van der Waals surface area contributed by atoms with Crippen molar-refractivity contribution in [1.29, 1.82) is 0 Å². The van der Waals surface area contributed by atoms with Crippen molar-refractivity contribution >= 4 is 11.7 Å². The van der Waals surface area contributed by atoms with Crippen molar-refractivity contribution in [2.75, 3.05) is 5.32 Å². The van der Waals surface area contributed by atoms with Crippen LogP contribution in [0.4, 0.5) is 5.69 Å². The van der Waals surface area contributed by atoms with Gasteiger partial charge in [-0.25, -0.2) is 4.79 Å². The normalized spacial score (nSPS) is 37.9. The van der Waals surface area contributed by atoms with Crippen molar-refractivity contribution in [1.82, 2.24) is 0 Å². The van der Waals surface area contributed by atoms with Crippen LogP contribution < -0.4 is 5.32 Å². The Morgan fingerprint density at radius 3 is 1.95 bits per heavy atom. The summed E-state index contributed by atoms with van der Waals surface area (Å²) in [6, 6.07) is 7.24.